The van der Waals surface area contributed by atoms with Crippen molar-refractivity contribution in [2.24, 2.45) is 0 Å². The molecule has 0 bridgehead atoms. The molecule has 0 saturated carbocycles. The van der Waals surface area contributed by atoms with Gasteiger partial charge in [0.05, 0.1) is 10.7 Å². The molecule has 2 rings (SSSR count). The van der Waals surface area contributed by atoms with Crippen molar-refractivity contribution in [1.29, 1.82) is 0 Å². The van der Waals surface area contributed by atoms with Crippen LogP contribution in [0.25, 0.3) is 5.69 Å². The molecule has 14 heavy (non-hydrogen) atoms. The maximum absolute atomic E-state index is 6.08. The van der Waals surface area contributed by atoms with Crippen LogP contribution in [0.5, 0.6) is 0 Å². The van der Waals surface area contributed by atoms with Crippen molar-refractivity contribution in [3.63, 3.8) is 0 Å². The van der Waals surface area contributed by atoms with E-state index in [1.807, 2.05) is 29.0 Å². The first-order valence-corrected chi connectivity index (χ1v) is 5.78. The smallest absolute Gasteiger partial charge is 0.124 e. The summed E-state index contributed by atoms with van der Waals surface area (Å²) in [5.41, 5.74) is 0.910. The van der Waals surface area contributed by atoms with Crippen LogP contribution < -0.4 is 0 Å². The molecule has 0 aliphatic heterocycles. The third kappa shape index (κ3) is 2.02. The van der Waals surface area contributed by atoms with Crippen LogP contribution in [-0.4, -0.2) is 9.55 Å². The summed E-state index contributed by atoms with van der Waals surface area (Å²) in [7, 11) is 0. The molecule has 0 N–H and O–H groups in total. The maximum atomic E-state index is 6.08. The largest absolute Gasteiger partial charge is 0.304 e. The number of hydrogen-bond acceptors (Lipinski definition) is 1. The quantitative estimate of drug-likeness (QED) is 0.768. The van der Waals surface area contributed by atoms with Crippen molar-refractivity contribution >= 4 is 43.5 Å². The molecule has 5 heteroatoms. The van der Waals surface area contributed by atoms with E-state index in [0.29, 0.717) is 5.02 Å². The fraction of sp³-hybridized carbons (Fsp3) is 0. The summed E-state index contributed by atoms with van der Waals surface area (Å²) in [5, 5.41) is 0.685. The Hall–Kier alpha value is -0.320. The molecule has 1 aromatic heterocycles. The van der Waals surface area contributed by atoms with Gasteiger partial charge in [-0.2, -0.15) is 0 Å². The van der Waals surface area contributed by atoms with E-state index in [1.54, 1.807) is 6.33 Å². The number of imidazole rings is 1. The van der Waals surface area contributed by atoms with Crippen LogP contribution in [0.4, 0.5) is 0 Å². The highest BCUT2D eigenvalue weighted by Gasteiger charge is 2.03. The first kappa shape index (κ1) is 10.2. The van der Waals surface area contributed by atoms with Gasteiger partial charge in [0, 0.05) is 10.7 Å². The van der Waals surface area contributed by atoms with E-state index in [-0.39, 0.29) is 0 Å². The van der Waals surface area contributed by atoms with Crippen molar-refractivity contribution < 1.29 is 0 Å². The SMILES string of the molecule is Clc1cc(Br)ccc1-n1cnc(Br)c1. The van der Waals surface area contributed by atoms with Crippen LogP contribution >= 0.6 is 43.5 Å². The van der Waals surface area contributed by atoms with E-state index >= 15 is 0 Å². The third-order valence-corrected chi connectivity index (χ3v) is 2.94. The standard InChI is InChI=1S/C9H5Br2ClN2/c10-6-1-2-8(7(12)3-6)14-4-9(11)13-5-14/h1-5H. The van der Waals surface area contributed by atoms with Gasteiger partial charge in [-0.25, -0.2) is 4.98 Å². The lowest BCUT2D eigenvalue weighted by Gasteiger charge is -2.04. The van der Waals surface area contributed by atoms with Crippen molar-refractivity contribution in [3.05, 3.63) is 44.8 Å². The average molecular weight is 336 g/mol. The fourth-order valence-corrected chi connectivity index (χ4v) is 2.20. The zero-order chi connectivity index (χ0) is 10.1. The number of aromatic nitrogens is 2. The van der Waals surface area contributed by atoms with Crippen LogP contribution in [0.15, 0.2) is 39.8 Å². The van der Waals surface area contributed by atoms with Crippen molar-refractivity contribution in [2.75, 3.05) is 0 Å². The summed E-state index contributed by atoms with van der Waals surface area (Å²) in [6.07, 6.45) is 3.56. The van der Waals surface area contributed by atoms with Crippen molar-refractivity contribution in [1.82, 2.24) is 9.55 Å². The Morgan fingerprint density at radius 1 is 1.29 bits per heavy atom. The lowest BCUT2D eigenvalue weighted by Crippen LogP contribution is -1.90. The first-order chi connectivity index (χ1) is 6.66. The second kappa shape index (κ2) is 4.04. The molecule has 0 atom stereocenters. The Morgan fingerprint density at radius 2 is 2.07 bits per heavy atom. The van der Waals surface area contributed by atoms with Gasteiger partial charge in [-0.15, -0.1) is 0 Å². The van der Waals surface area contributed by atoms with E-state index in [1.165, 1.54) is 0 Å². The summed E-state index contributed by atoms with van der Waals surface area (Å²) in [4.78, 5) is 4.07. The molecule has 0 unspecified atom stereocenters. The van der Waals surface area contributed by atoms with Crippen LogP contribution in [-0.2, 0) is 0 Å². The molecule has 1 aromatic carbocycles. The lowest BCUT2D eigenvalue weighted by molar-refractivity contribution is 1.06. The minimum Gasteiger partial charge on any atom is -0.304 e. The number of rotatable bonds is 1. The Kier molecular flexibility index (Phi) is 2.95. The Morgan fingerprint density at radius 3 is 2.64 bits per heavy atom. The summed E-state index contributed by atoms with van der Waals surface area (Å²) in [6.45, 7) is 0. The first-order valence-electron chi connectivity index (χ1n) is 3.82. The summed E-state index contributed by atoms with van der Waals surface area (Å²) >= 11 is 12.7. The van der Waals surface area contributed by atoms with Gasteiger partial charge in [-0.1, -0.05) is 27.5 Å². The van der Waals surface area contributed by atoms with E-state index in [0.717, 1.165) is 14.8 Å². The highest BCUT2D eigenvalue weighted by atomic mass is 79.9. The van der Waals surface area contributed by atoms with Crippen LogP contribution in [0, 0.1) is 0 Å². The Balaban J connectivity index is 2.52. The molecule has 72 valence electrons. The molecule has 2 aromatic rings. The number of hydrogen-bond donors (Lipinski definition) is 0. The summed E-state index contributed by atoms with van der Waals surface area (Å²) in [5.74, 6) is 0. The molecule has 0 amide bonds. The molecule has 2 nitrogen and oxygen atoms in total. The van der Waals surface area contributed by atoms with Gasteiger partial charge in [-0.05, 0) is 34.1 Å². The van der Waals surface area contributed by atoms with Gasteiger partial charge in [0.25, 0.3) is 0 Å². The van der Waals surface area contributed by atoms with Crippen molar-refractivity contribution in [3.8, 4) is 5.69 Å². The molecule has 0 aliphatic rings. The molecule has 0 spiro atoms. The molecule has 1 heterocycles. The van der Waals surface area contributed by atoms with E-state index in [2.05, 4.69) is 36.8 Å². The van der Waals surface area contributed by atoms with E-state index in [9.17, 15) is 0 Å². The summed E-state index contributed by atoms with van der Waals surface area (Å²) < 4.78 is 3.61. The fourth-order valence-electron chi connectivity index (χ4n) is 1.12. The average Bonchev–Trinajstić information content (AvgIpc) is 2.51. The third-order valence-electron chi connectivity index (χ3n) is 1.74. The van der Waals surface area contributed by atoms with Gasteiger partial charge in [0.2, 0.25) is 0 Å². The Labute approximate surface area is 103 Å². The van der Waals surface area contributed by atoms with Gasteiger partial charge < -0.3 is 4.57 Å². The molecule has 0 aliphatic carbocycles. The molecule has 0 fully saturated rings. The Bertz CT molecular complexity index is 468. The van der Waals surface area contributed by atoms with Crippen LogP contribution in [0.2, 0.25) is 5.02 Å². The van der Waals surface area contributed by atoms with Crippen LogP contribution in [0.3, 0.4) is 0 Å². The predicted molar refractivity (Wildman–Crippen MR) is 64.0 cm³/mol. The monoisotopic (exact) mass is 334 g/mol. The minimum absolute atomic E-state index is 0.685. The van der Waals surface area contributed by atoms with Crippen molar-refractivity contribution in [2.45, 2.75) is 0 Å². The number of halogens is 3. The lowest BCUT2D eigenvalue weighted by atomic mass is 10.3. The molecule has 0 saturated heterocycles. The number of benzene rings is 1. The molecule has 0 radical (unpaired) electrons. The van der Waals surface area contributed by atoms with Gasteiger partial charge in [-0.3, -0.25) is 0 Å². The molecular weight excluding hydrogens is 331 g/mol. The van der Waals surface area contributed by atoms with Gasteiger partial charge in [0.15, 0.2) is 0 Å². The van der Waals surface area contributed by atoms with Gasteiger partial charge in [0.1, 0.15) is 10.9 Å². The van der Waals surface area contributed by atoms with E-state index < -0.39 is 0 Å². The molecular formula is C9H5Br2ClN2. The van der Waals surface area contributed by atoms with Crippen LogP contribution in [0.1, 0.15) is 0 Å². The minimum atomic E-state index is 0.685. The highest BCUT2D eigenvalue weighted by molar-refractivity contribution is 9.10. The van der Waals surface area contributed by atoms with E-state index in [4.69, 9.17) is 11.6 Å². The van der Waals surface area contributed by atoms with Gasteiger partial charge >= 0.3 is 0 Å². The highest BCUT2D eigenvalue weighted by Crippen LogP contribution is 2.25. The second-order valence-electron chi connectivity index (χ2n) is 2.70. The maximum Gasteiger partial charge on any atom is 0.124 e. The predicted octanol–water partition coefficient (Wildman–Crippen LogP) is 4.05. The normalized spacial score (nSPS) is 10.5. The summed E-state index contributed by atoms with van der Waals surface area (Å²) in [6, 6.07) is 5.72. The zero-order valence-electron chi connectivity index (χ0n) is 6.92. The zero-order valence-corrected chi connectivity index (χ0v) is 10.8. The second-order valence-corrected chi connectivity index (χ2v) is 4.83. The topological polar surface area (TPSA) is 17.8 Å². The number of nitrogens with zero attached hydrogens (tertiary/aromatic N) is 2.